The van der Waals surface area contributed by atoms with Gasteiger partial charge >= 0.3 is 0 Å². The molecule has 0 radical (unpaired) electrons. The maximum absolute atomic E-state index is 11.9. The highest BCUT2D eigenvalue weighted by molar-refractivity contribution is 6.32. The molecule has 0 aliphatic carbocycles. The third kappa shape index (κ3) is 5.67. The lowest BCUT2D eigenvalue weighted by Gasteiger charge is -2.09. The second-order valence-electron chi connectivity index (χ2n) is 3.83. The molecule has 0 aromatic heterocycles. The highest BCUT2D eigenvalue weighted by Crippen LogP contribution is 2.25. The maximum atomic E-state index is 11.9. The largest absolute Gasteiger partial charge is 0.492 e. The minimum Gasteiger partial charge on any atom is -0.492 e. The van der Waals surface area contributed by atoms with E-state index in [0.29, 0.717) is 30.4 Å². The number of hydrogen-bond acceptors (Lipinski definition) is 3. The van der Waals surface area contributed by atoms with Crippen LogP contribution in [0.25, 0.3) is 0 Å². The Morgan fingerprint density at radius 1 is 1.33 bits per heavy atom. The second kappa shape index (κ2) is 9.14. The zero-order valence-corrected chi connectivity index (χ0v) is 11.3. The quantitative estimate of drug-likeness (QED) is 0.703. The molecular formula is C13H19ClFNO2. The Morgan fingerprint density at radius 2 is 2.17 bits per heavy atom. The Hall–Kier alpha value is -0.840. The molecule has 0 spiro atoms. The van der Waals surface area contributed by atoms with Gasteiger partial charge in [0.1, 0.15) is 5.75 Å². The van der Waals surface area contributed by atoms with Crippen LogP contribution in [0.15, 0.2) is 18.2 Å². The van der Waals surface area contributed by atoms with Gasteiger partial charge in [0.25, 0.3) is 0 Å². The molecule has 18 heavy (non-hydrogen) atoms. The molecule has 0 heterocycles. The summed E-state index contributed by atoms with van der Waals surface area (Å²) in [6.45, 7) is 2.18. The molecule has 0 aliphatic heterocycles. The van der Waals surface area contributed by atoms with Crippen LogP contribution in [0.2, 0.25) is 5.02 Å². The van der Waals surface area contributed by atoms with Crippen molar-refractivity contribution >= 4 is 11.6 Å². The minimum absolute atomic E-state index is 0.349. The molecule has 1 aromatic carbocycles. The summed E-state index contributed by atoms with van der Waals surface area (Å²) in [5, 5.41) is 3.78. The normalized spacial score (nSPS) is 10.6. The standard InChI is InChI=1S/C13H19ClFNO2/c1-17-8-6-16-10-11-3-4-13(12(14)9-11)18-7-2-5-15/h3-4,9,16H,2,5-8,10H2,1H3. The van der Waals surface area contributed by atoms with Gasteiger partial charge < -0.3 is 14.8 Å². The second-order valence-corrected chi connectivity index (χ2v) is 4.23. The lowest BCUT2D eigenvalue weighted by atomic mass is 10.2. The van der Waals surface area contributed by atoms with Gasteiger partial charge in [-0.1, -0.05) is 17.7 Å². The number of rotatable bonds is 9. The number of nitrogens with one attached hydrogen (secondary N) is 1. The smallest absolute Gasteiger partial charge is 0.137 e. The summed E-state index contributed by atoms with van der Waals surface area (Å²) in [5.41, 5.74) is 1.08. The summed E-state index contributed by atoms with van der Waals surface area (Å²) in [5.74, 6) is 0.603. The molecule has 0 bridgehead atoms. The fourth-order valence-corrected chi connectivity index (χ4v) is 1.67. The average Bonchev–Trinajstić information content (AvgIpc) is 2.37. The fraction of sp³-hybridized carbons (Fsp3) is 0.538. The van der Waals surface area contributed by atoms with E-state index in [2.05, 4.69) is 5.32 Å². The molecule has 5 heteroatoms. The monoisotopic (exact) mass is 275 g/mol. The van der Waals surface area contributed by atoms with Crippen molar-refractivity contribution in [3.63, 3.8) is 0 Å². The Labute approximate surface area is 112 Å². The van der Waals surface area contributed by atoms with E-state index < -0.39 is 0 Å². The minimum atomic E-state index is -0.376. The van der Waals surface area contributed by atoms with Gasteiger partial charge in [-0.05, 0) is 17.7 Å². The number of benzene rings is 1. The van der Waals surface area contributed by atoms with Gasteiger partial charge in [0.15, 0.2) is 0 Å². The Bertz CT molecular complexity index is 350. The zero-order chi connectivity index (χ0) is 13.2. The van der Waals surface area contributed by atoms with Crippen LogP contribution < -0.4 is 10.1 Å². The van der Waals surface area contributed by atoms with Crippen LogP contribution in [0.5, 0.6) is 5.75 Å². The SMILES string of the molecule is COCCNCc1ccc(OCCCF)c(Cl)c1. The topological polar surface area (TPSA) is 30.5 Å². The molecule has 0 amide bonds. The van der Waals surface area contributed by atoms with Gasteiger partial charge in [-0.3, -0.25) is 4.39 Å². The van der Waals surface area contributed by atoms with Crippen LogP contribution in [-0.4, -0.2) is 33.5 Å². The molecule has 0 aliphatic rings. The van der Waals surface area contributed by atoms with Crippen molar-refractivity contribution in [3.05, 3.63) is 28.8 Å². The van der Waals surface area contributed by atoms with Gasteiger partial charge in [0.2, 0.25) is 0 Å². The van der Waals surface area contributed by atoms with E-state index >= 15 is 0 Å². The van der Waals surface area contributed by atoms with Crippen molar-refractivity contribution in [2.75, 3.05) is 33.5 Å². The van der Waals surface area contributed by atoms with Crippen molar-refractivity contribution in [3.8, 4) is 5.75 Å². The van der Waals surface area contributed by atoms with Gasteiger partial charge in [-0.25, -0.2) is 0 Å². The summed E-state index contributed by atoms with van der Waals surface area (Å²) < 4.78 is 22.2. The summed E-state index contributed by atoms with van der Waals surface area (Å²) in [6, 6.07) is 5.61. The lowest BCUT2D eigenvalue weighted by molar-refractivity contribution is 0.199. The molecule has 0 fully saturated rings. The fourth-order valence-electron chi connectivity index (χ4n) is 1.41. The van der Waals surface area contributed by atoms with E-state index in [0.717, 1.165) is 18.7 Å². The highest BCUT2D eigenvalue weighted by Gasteiger charge is 2.03. The van der Waals surface area contributed by atoms with Crippen molar-refractivity contribution in [2.45, 2.75) is 13.0 Å². The molecule has 1 rings (SSSR count). The third-order valence-electron chi connectivity index (χ3n) is 2.34. The first kappa shape index (κ1) is 15.2. The summed E-state index contributed by atoms with van der Waals surface area (Å²) in [7, 11) is 1.67. The first-order valence-electron chi connectivity index (χ1n) is 5.94. The predicted octanol–water partition coefficient (Wildman–Crippen LogP) is 2.81. The van der Waals surface area contributed by atoms with Crippen LogP contribution in [0.3, 0.4) is 0 Å². The van der Waals surface area contributed by atoms with Gasteiger partial charge in [-0.15, -0.1) is 0 Å². The molecule has 1 N–H and O–H groups in total. The lowest BCUT2D eigenvalue weighted by Crippen LogP contribution is -2.18. The Morgan fingerprint density at radius 3 is 2.83 bits per heavy atom. The number of methoxy groups -OCH3 is 1. The van der Waals surface area contributed by atoms with E-state index in [1.54, 1.807) is 7.11 Å². The summed E-state index contributed by atoms with van der Waals surface area (Å²) in [4.78, 5) is 0. The van der Waals surface area contributed by atoms with Crippen LogP contribution in [-0.2, 0) is 11.3 Å². The Kier molecular flexibility index (Phi) is 7.73. The molecule has 102 valence electrons. The summed E-state index contributed by atoms with van der Waals surface area (Å²) >= 11 is 6.08. The van der Waals surface area contributed by atoms with Crippen molar-refractivity contribution in [1.29, 1.82) is 0 Å². The van der Waals surface area contributed by atoms with E-state index in [9.17, 15) is 4.39 Å². The maximum Gasteiger partial charge on any atom is 0.137 e. The molecule has 3 nitrogen and oxygen atoms in total. The van der Waals surface area contributed by atoms with E-state index in [1.165, 1.54) is 0 Å². The first-order chi connectivity index (χ1) is 8.77. The molecule has 0 atom stereocenters. The number of alkyl halides is 1. The average molecular weight is 276 g/mol. The zero-order valence-electron chi connectivity index (χ0n) is 10.5. The molecular weight excluding hydrogens is 257 g/mol. The van der Waals surface area contributed by atoms with E-state index in [4.69, 9.17) is 21.1 Å². The van der Waals surface area contributed by atoms with Crippen molar-refractivity contribution in [1.82, 2.24) is 5.32 Å². The van der Waals surface area contributed by atoms with Gasteiger partial charge in [0.05, 0.1) is 24.9 Å². The van der Waals surface area contributed by atoms with Gasteiger partial charge in [0, 0.05) is 26.6 Å². The highest BCUT2D eigenvalue weighted by atomic mass is 35.5. The van der Waals surface area contributed by atoms with Crippen molar-refractivity contribution < 1.29 is 13.9 Å². The van der Waals surface area contributed by atoms with Crippen LogP contribution in [0.1, 0.15) is 12.0 Å². The van der Waals surface area contributed by atoms with Crippen molar-refractivity contribution in [2.24, 2.45) is 0 Å². The van der Waals surface area contributed by atoms with Crippen LogP contribution in [0.4, 0.5) is 4.39 Å². The summed E-state index contributed by atoms with van der Waals surface area (Å²) in [6.07, 6.45) is 0.386. The number of halogens is 2. The predicted molar refractivity (Wildman–Crippen MR) is 71.1 cm³/mol. The van der Waals surface area contributed by atoms with Crippen LogP contribution >= 0.6 is 11.6 Å². The third-order valence-corrected chi connectivity index (χ3v) is 2.64. The first-order valence-corrected chi connectivity index (χ1v) is 6.32. The van der Waals surface area contributed by atoms with Gasteiger partial charge in [-0.2, -0.15) is 0 Å². The number of hydrogen-bond donors (Lipinski definition) is 1. The molecule has 0 saturated heterocycles. The molecule has 1 aromatic rings. The molecule has 0 saturated carbocycles. The molecule has 0 unspecified atom stereocenters. The van der Waals surface area contributed by atoms with E-state index in [1.807, 2.05) is 18.2 Å². The Balaban J connectivity index is 2.41. The number of ether oxygens (including phenoxy) is 2. The van der Waals surface area contributed by atoms with Crippen LogP contribution in [0, 0.1) is 0 Å². The van der Waals surface area contributed by atoms with E-state index in [-0.39, 0.29) is 6.67 Å².